The molecule has 4 rings (SSSR count). The number of aliphatic hydroxyl groups is 1. The number of ketones is 1. The average Bonchev–Trinajstić information content (AvgIpc) is 3.07. The Morgan fingerprint density at radius 1 is 0.673 bits per heavy atom. The van der Waals surface area contributed by atoms with Crippen molar-refractivity contribution in [2.45, 2.75) is 74.8 Å². The number of hydrogen-bond donors (Lipinski definition) is 3. The van der Waals surface area contributed by atoms with Gasteiger partial charge in [0.2, 0.25) is 5.60 Å². The number of methoxy groups -OCH3 is 1. The first-order valence-electron chi connectivity index (χ1n) is 15.9. The summed E-state index contributed by atoms with van der Waals surface area (Å²) in [5, 5.41) is 32.2. The number of carboxylic acids is 1. The van der Waals surface area contributed by atoms with Crippen molar-refractivity contribution in [1.29, 1.82) is 0 Å². The lowest BCUT2D eigenvalue weighted by Crippen LogP contribution is -2.47. The highest BCUT2D eigenvalue weighted by molar-refractivity contribution is 9.10. The normalized spacial score (nSPS) is 15.4. The second-order valence-electron chi connectivity index (χ2n) is 12.8. The van der Waals surface area contributed by atoms with E-state index >= 15 is 0 Å². The number of aryl methyl sites for hydroxylation is 1. The monoisotopic (exact) mass is 778 g/mol. The highest BCUT2D eigenvalue weighted by Gasteiger charge is 2.48. The van der Waals surface area contributed by atoms with E-state index in [1.807, 2.05) is 0 Å². The van der Waals surface area contributed by atoms with Crippen LogP contribution in [0.3, 0.4) is 0 Å². The van der Waals surface area contributed by atoms with Crippen molar-refractivity contribution in [2.75, 3.05) is 7.11 Å². The molecule has 0 spiro atoms. The van der Waals surface area contributed by atoms with E-state index in [-0.39, 0.29) is 60.9 Å². The Hall–Kier alpha value is -5.27. The SMILES string of the molecule is COC1=CC(=O)C=C(C)[C@]1(O)C(=O)Oc1c(C)c(C)c(C(=O)Oc2cc(C)c(C(=O)Oc3c(C)c(C)c(C(=O)O)c(C)c3C)c(O)c2C)c(C)c1Br. The standard InChI is InChI=1S/C39H39BrO12/c1-15-12-26(23(9)32(42)28(15)36(45)51-33-20(6)17(3)29(35(43)44)18(4)21(33)7)50-37(46)30-19(5)22(8)34(31(40)24(30)10)52-38(47)39(48)16(2)13-25(41)14-27(39)49-11/h12-14,42,48H,1-11H3,(H,43,44)/t39-/m1/s1. The molecule has 3 aromatic carbocycles. The molecular formula is C39H39BrO12. The molecule has 0 saturated carbocycles. The summed E-state index contributed by atoms with van der Waals surface area (Å²) in [6.45, 7) is 15.8. The first kappa shape index (κ1) is 39.5. The lowest BCUT2D eigenvalue weighted by Gasteiger charge is -2.30. The maximum Gasteiger partial charge on any atom is 0.356 e. The molecule has 1 aliphatic carbocycles. The van der Waals surface area contributed by atoms with Gasteiger partial charge in [0.25, 0.3) is 0 Å². The number of benzene rings is 3. The predicted molar refractivity (Wildman–Crippen MR) is 193 cm³/mol. The van der Waals surface area contributed by atoms with Crippen molar-refractivity contribution in [2.24, 2.45) is 0 Å². The van der Waals surface area contributed by atoms with Crippen LogP contribution in [0.2, 0.25) is 0 Å². The summed E-state index contributed by atoms with van der Waals surface area (Å²) >= 11 is 3.42. The highest BCUT2D eigenvalue weighted by Crippen LogP contribution is 2.41. The van der Waals surface area contributed by atoms with Gasteiger partial charge in [-0.25, -0.2) is 19.2 Å². The van der Waals surface area contributed by atoms with E-state index < -0.39 is 41.0 Å². The molecule has 0 aliphatic heterocycles. The van der Waals surface area contributed by atoms with Gasteiger partial charge in [-0.2, -0.15) is 0 Å². The van der Waals surface area contributed by atoms with Gasteiger partial charge in [-0.15, -0.1) is 0 Å². The molecule has 0 heterocycles. The Balaban J connectivity index is 1.66. The average molecular weight is 780 g/mol. The van der Waals surface area contributed by atoms with Crippen LogP contribution in [0.4, 0.5) is 0 Å². The summed E-state index contributed by atoms with van der Waals surface area (Å²) in [5.74, 6) is -4.98. The molecular weight excluding hydrogens is 740 g/mol. The molecule has 274 valence electrons. The number of aromatic hydroxyl groups is 1. The summed E-state index contributed by atoms with van der Waals surface area (Å²) in [6, 6.07) is 1.42. The fourth-order valence-electron chi connectivity index (χ4n) is 6.21. The Bertz CT molecular complexity index is 2130. The largest absolute Gasteiger partial charge is 0.507 e. The van der Waals surface area contributed by atoms with Gasteiger partial charge >= 0.3 is 23.9 Å². The van der Waals surface area contributed by atoms with Crippen LogP contribution in [0, 0.1) is 62.3 Å². The third-order valence-corrected chi connectivity index (χ3v) is 10.7. The van der Waals surface area contributed by atoms with Crippen LogP contribution in [0.25, 0.3) is 0 Å². The minimum Gasteiger partial charge on any atom is -0.507 e. The Morgan fingerprint density at radius 3 is 1.73 bits per heavy atom. The number of halogens is 1. The second-order valence-corrected chi connectivity index (χ2v) is 13.6. The van der Waals surface area contributed by atoms with Crippen LogP contribution in [-0.2, 0) is 14.3 Å². The molecule has 1 atom stereocenters. The molecule has 52 heavy (non-hydrogen) atoms. The Kier molecular flexibility index (Phi) is 10.9. The van der Waals surface area contributed by atoms with Gasteiger partial charge in [-0.05, 0) is 147 Å². The van der Waals surface area contributed by atoms with Crippen LogP contribution < -0.4 is 14.2 Å². The molecule has 0 aromatic heterocycles. The van der Waals surface area contributed by atoms with Crippen molar-refractivity contribution in [3.63, 3.8) is 0 Å². The number of hydrogen-bond acceptors (Lipinski definition) is 11. The van der Waals surface area contributed by atoms with Gasteiger partial charge in [0, 0.05) is 11.6 Å². The number of ether oxygens (including phenoxy) is 4. The minimum atomic E-state index is -2.37. The minimum absolute atomic E-state index is 0.00211. The number of phenolic OH excluding ortho intramolecular Hbond substituents is 1. The molecule has 1 aliphatic rings. The number of rotatable bonds is 8. The highest BCUT2D eigenvalue weighted by atomic mass is 79.9. The quantitative estimate of drug-likeness (QED) is 0.162. The zero-order valence-electron chi connectivity index (χ0n) is 30.6. The summed E-state index contributed by atoms with van der Waals surface area (Å²) in [6.07, 6.45) is 2.09. The van der Waals surface area contributed by atoms with Gasteiger partial charge in [0.15, 0.2) is 5.78 Å². The molecule has 0 fully saturated rings. The number of esters is 3. The van der Waals surface area contributed by atoms with E-state index in [0.29, 0.717) is 38.9 Å². The maximum atomic E-state index is 13.7. The van der Waals surface area contributed by atoms with E-state index in [1.54, 1.807) is 48.5 Å². The molecule has 3 aromatic rings. The molecule has 3 N–H and O–H groups in total. The second kappa shape index (κ2) is 14.4. The fourth-order valence-corrected chi connectivity index (χ4v) is 6.79. The smallest absolute Gasteiger partial charge is 0.356 e. The van der Waals surface area contributed by atoms with E-state index in [0.717, 1.165) is 12.2 Å². The number of carboxylic acid groups (broad SMARTS) is 1. The molecule has 0 unspecified atom stereocenters. The van der Waals surface area contributed by atoms with Crippen LogP contribution >= 0.6 is 15.9 Å². The van der Waals surface area contributed by atoms with E-state index in [2.05, 4.69) is 15.9 Å². The number of aromatic carboxylic acids is 1. The molecule has 0 saturated heterocycles. The summed E-state index contributed by atoms with van der Waals surface area (Å²) in [5.41, 5.74) is 0.942. The number of allylic oxidation sites excluding steroid dienone is 2. The van der Waals surface area contributed by atoms with E-state index in [4.69, 9.17) is 18.9 Å². The number of carbonyl (C=O) groups excluding carboxylic acids is 4. The molecule has 13 heteroatoms. The zero-order chi connectivity index (χ0) is 39.3. The van der Waals surface area contributed by atoms with Gasteiger partial charge < -0.3 is 34.3 Å². The van der Waals surface area contributed by atoms with Crippen LogP contribution in [0.5, 0.6) is 23.0 Å². The van der Waals surface area contributed by atoms with Gasteiger partial charge in [-0.1, -0.05) is 0 Å². The molecule has 0 amide bonds. The predicted octanol–water partition coefficient (Wildman–Crippen LogP) is 6.76. The lowest BCUT2D eigenvalue weighted by atomic mass is 9.87. The summed E-state index contributed by atoms with van der Waals surface area (Å²) in [7, 11) is 1.21. The molecule has 0 bridgehead atoms. The first-order chi connectivity index (χ1) is 24.1. The van der Waals surface area contributed by atoms with Crippen molar-refractivity contribution in [1.82, 2.24) is 0 Å². The van der Waals surface area contributed by atoms with Crippen LogP contribution in [-0.4, -0.2) is 57.7 Å². The molecule has 0 radical (unpaired) electrons. The lowest BCUT2D eigenvalue weighted by molar-refractivity contribution is -0.151. The van der Waals surface area contributed by atoms with Crippen LogP contribution in [0.15, 0.2) is 34.0 Å². The summed E-state index contributed by atoms with van der Waals surface area (Å²) in [4.78, 5) is 64.4. The van der Waals surface area contributed by atoms with Crippen molar-refractivity contribution >= 4 is 45.6 Å². The maximum absolute atomic E-state index is 13.7. The van der Waals surface area contributed by atoms with Gasteiger partial charge in [-0.3, -0.25) is 4.79 Å². The first-order valence-corrected chi connectivity index (χ1v) is 16.7. The van der Waals surface area contributed by atoms with Crippen LogP contribution in [0.1, 0.15) is 88.1 Å². The summed E-state index contributed by atoms with van der Waals surface area (Å²) < 4.78 is 22.6. The Morgan fingerprint density at radius 2 is 1.19 bits per heavy atom. The number of phenols is 1. The van der Waals surface area contributed by atoms with E-state index in [1.165, 1.54) is 33.9 Å². The van der Waals surface area contributed by atoms with E-state index in [9.17, 15) is 39.3 Å². The Labute approximate surface area is 308 Å². The van der Waals surface area contributed by atoms with Gasteiger partial charge in [0.05, 0.1) is 22.7 Å². The van der Waals surface area contributed by atoms with Crippen molar-refractivity contribution < 1.29 is 58.2 Å². The zero-order valence-corrected chi connectivity index (χ0v) is 32.2. The van der Waals surface area contributed by atoms with Crippen molar-refractivity contribution in [3.8, 4) is 23.0 Å². The number of carbonyl (C=O) groups is 5. The van der Waals surface area contributed by atoms with Gasteiger partial charge in [0.1, 0.15) is 34.3 Å². The molecule has 12 nitrogen and oxygen atoms in total. The fraction of sp³-hybridized carbons (Fsp3) is 0.308. The third-order valence-electron chi connectivity index (χ3n) is 9.73. The topological polar surface area (TPSA) is 183 Å². The third kappa shape index (κ3) is 6.50. The van der Waals surface area contributed by atoms with Crippen molar-refractivity contribution in [3.05, 3.63) is 101 Å².